The summed E-state index contributed by atoms with van der Waals surface area (Å²) in [4.78, 5) is 12.3. The third kappa shape index (κ3) is 2.72. The van der Waals surface area contributed by atoms with Crippen LogP contribution >= 0.6 is 0 Å². The fraction of sp³-hybridized carbons (Fsp3) is 0.462. The van der Waals surface area contributed by atoms with Gasteiger partial charge in [-0.15, -0.1) is 0 Å². The zero-order valence-electron chi connectivity index (χ0n) is 10.4. The Kier molecular flexibility index (Phi) is 4.01. The SMILES string of the molecule is COC(=O)C(C1CC1)S(=O)c1cccc(OC)c1. The van der Waals surface area contributed by atoms with Crippen LogP contribution in [0.25, 0.3) is 0 Å². The van der Waals surface area contributed by atoms with E-state index >= 15 is 0 Å². The third-order valence-electron chi connectivity index (χ3n) is 2.99. The molecule has 0 aromatic heterocycles. The van der Waals surface area contributed by atoms with Crippen LogP contribution in [-0.2, 0) is 20.3 Å². The summed E-state index contributed by atoms with van der Waals surface area (Å²) in [5.41, 5.74) is 0. The van der Waals surface area contributed by atoms with Gasteiger partial charge in [-0.2, -0.15) is 0 Å². The Balaban J connectivity index is 2.24. The number of methoxy groups -OCH3 is 2. The highest BCUT2D eigenvalue weighted by Gasteiger charge is 2.41. The average Bonchev–Trinajstić information content (AvgIpc) is 3.23. The monoisotopic (exact) mass is 268 g/mol. The Morgan fingerprint density at radius 3 is 2.67 bits per heavy atom. The molecule has 0 heterocycles. The van der Waals surface area contributed by atoms with Crippen molar-refractivity contribution in [2.45, 2.75) is 23.0 Å². The van der Waals surface area contributed by atoms with Crippen LogP contribution in [0, 0.1) is 5.92 Å². The lowest BCUT2D eigenvalue weighted by atomic mass is 10.3. The van der Waals surface area contributed by atoms with Crippen molar-refractivity contribution < 1.29 is 18.5 Å². The molecule has 5 heteroatoms. The molecule has 1 aromatic rings. The Labute approximate surface area is 109 Å². The molecule has 1 aliphatic rings. The number of esters is 1. The van der Waals surface area contributed by atoms with Gasteiger partial charge in [0.2, 0.25) is 0 Å². The smallest absolute Gasteiger partial charge is 0.322 e. The van der Waals surface area contributed by atoms with Gasteiger partial charge >= 0.3 is 5.97 Å². The quantitative estimate of drug-likeness (QED) is 0.763. The molecule has 0 amide bonds. The molecule has 4 nitrogen and oxygen atoms in total. The molecule has 0 spiro atoms. The van der Waals surface area contributed by atoms with Crippen LogP contribution in [-0.4, -0.2) is 29.6 Å². The highest BCUT2D eigenvalue weighted by atomic mass is 32.2. The third-order valence-corrected chi connectivity index (χ3v) is 4.74. The molecule has 2 atom stereocenters. The molecule has 1 saturated carbocycles. The Morgan fingerprint density at radius 2 is 2.11 bits per heavy atom. The standard InChI is InChI=1S/C13H16O4S/c1-16-10-4-3-5-11(8-10)18(15)12(9-6-7-9)13(14)17-2/h3-5,8-9,12H,6-7H2,1-2H3. The van der Waals surface area contributed by atoms with Gasteiger partial charge in [0.1, 0.15) is 11.0 Å². The van der Waals surface area contributed by atoms with Crippen LogP contribution in [0.3, 0.4) is 0 Å². The zero-order valence-corrected chi connectivity index (χ0v) is 11.2. The highest BCUT2D eigenvalue weighted by Crippen LogP contribution is 2.37. The van der Waals surface area contributed by atoms with E-state index in [9.17, 15) is 9.00 Å². The van der Waals surface area contributed by atoms with Crippen LogP contribution in [0.2, 0.25) is 0 Å². The van der Waals surface area contributed by atoms with E-state index in [4.69, 9.17) is 9.47 Å². The summed E-state index contributed by atoms with van der Waals surface area (Å²) < 4.78 is 22.3. The topological polar surface area (TPSA) is 52.6 Å². The summed E-state index contributed by atoms with van der Waals surface area (Å²) in [6, 6.07) is 7.00. The molecule has 1 aliphatic carbocycles. The van der Waals surface area contributed by atoms with E-state index in [1.807, 2.05) is 0 Å². The van der Waals surface area contributed by atoms with Gasteiger partial charge in [-0.05, 0) is 37.0 Å². The number of ether oxygens (including phenoxy) is 2. The van der Waals surface area contributed by atoms with E-state index in [0.29, 0.717) is 10.6 Å². The van der Waals surface area contributed by atoms with Crippen molar-refractivity contribution in [3.8, 4) is 5.75 Å². The molecule has 1 aromatic carbocycles. The number of hydrogen-bond acceptors (Lipinski definition) is 4. The lowest BCUT2D eigenvalue weighted by molar-refractivity contribution is -0.140. The van der Waals surface area contributed by atoms with Crippen molar-refractivity contribution >= 4 is 16.8 Å². The molecule has 0 N–H and O–H groups in total. The largest absolute Gasteiger partial charge is 0.497 e. The molecule has 18 heavy (non-hydrogen) atoms. The lowest BCUT2D eigenvalue weighted by Crippen LogP contribution is -2.29. The Hall–Kier alpha value is -1.36. The maximum atomic E-state index is 12.4. The van der Waals surface area contributed by atoms with Gasteiger partial charge in [0.15, 0.2) is 0 Å². The molecule has 2 unspecified atom stereocenters. The van der Waals surface area contributed by atoms with Gasteiger partial charge < -0.3 is 9.47 Å². The second-order valence-corrected chi connectivity index (χ2v) is 5.83. The number of carbonyl (C=O) groups is 1. The van der Waals surface area contributed by atoms with Crippen molar-refractivity contribution in [3.05, 3.63) is 24.3 Å². The summed E-state index contributed by atoms with van der Waals surface area (Å²) in [5.74, 6) is 0.434. The van der Waals surface area contributed by atoms with Crippen molar-refractivity contribution in [2.75, 3.05) is 14.2 Å². The number of hydrogen-bond donors (Lipinski definition) is 0. The summed E-state index contributed by atoms with van der Waals surface area (Å²) in [6.07, 6.45) is 1.88. The van der Waals surface area contributed by atoms with E-state index in [1.165, 1.54) is 7.11 Å². The predicted molar refractivity (Wildman–Crippen MR) is 67.9 cm³/mol. The lowest BCUT2D eigenvalue weighted by Gasteiger charge is -2.13. The van der Waals surface area contributed by atoms with Crippen LogP contribution in [0.15, 0.2) is 29.2 Å². The number of carbonyl (C=O) groups excluding carboxylic acids is 1. The first-order valence-corrected chi connectivity index (χ1v) is 7.01. The van der Waals surface area contributed by atoms with E-state index in [0.717, 1.165) is 12.8 Å². The molecule has 1 fully saturated rings. The van der Waals surface area contributed by atoms with Crippen molar-refractivity contribution in [1.82, 2.24) is 0 Å². The maximum absolute atomic E-state index is 12.4. The van der Waals surface area contributed by atoms with Crippen LogP contribution in [0.5, 0.6) is 5.75 Å². The van der Waals surface area contributed by atoms with E-state index < -0.39 is 22.0 Å². The minimum absolute atomic E-state index is 0.185. The zero-order chi connectivity index (χ0) is 13.1. The molecule has 0 bridgehead atoms. The minimum atomic E-state index is -1.39. The first kappa shape index (κ1) is 13.1. The fourth-order valence-electron chi connectivity index (χ4n) is 1.84. The predicted octanol–water partition coefficient (Wildman–Crippen LogP) is 1.75. The molecular weight excluding hydrogens is 252 g/mol. The maximum Gasteiger partial charge on any atom is 0.322 e. The van der Waals surface area contributed by atoms with Crippen LogP contribution < -0.4 is 4.74 Å². The second-order valence-electron chi connectivity index (χ2n) is 4.26. The molecule has 0 aliphatic heterocycles. The summed E-state index contributed by atoms with van der Waals surface area (Å²) >= 11 is 0. The molecule has 98 valence electrons. The molecule has 2 rings (SSSR count). The Morgan fingerprint density at radius 1 is 1.39 bits per heavy atom. The fourth-order valence-corrected chi connectivity index (χ4v) is 3.47. The Bertz CT molecular complexity index is 468. The van der Waals surface area contributed by atoms with Gasteiger partial charge in [-0.25, -0.2) is 0 Å². The van der Waals surface area contributed by atoms with Gasteiger partial charge in [-0.3, -0.25) is 9.00 Å². The van der Waals surface area contributed by atoms with E-state index in [-0.39, 0.29) is 5.92 Å². The van der Waals surface area contributed by atoms with E-state index in [1.54, 1.807) is 31.4 Å². The van der Waals surface area contributed by atoms with E-state index in [2.05, 4.69) is 0 Å². The number of benzene rings is 1. The average molecular weight is 268 g/mol. The molecular formula is C13H16O4S. The van der Waals surface area contributed by atoms with Crippen molar-refractivity contribution in [2.24, 2.45) is 5.92 Å². The summed E-state index contributed by atoms with van der Waals surface area (Å²) in [7, 11) is 1.50. The van der Waals surface area contributed by atoms with Crippen LogP contribution in [0.4, 0.5) is 0 Å². The first-order chi connectivity index (χ1) is 8.67. The summed E-state index contributed by atoms with van der Waals surface area (Å²) in [6.45, 7) is 0. The summed E-state index contributed by atoms with van der Waals surface area (Å²) in [5, 5.41) is -0.554. The van der Waals surface area contributed by atoms with Gasteiger partial charge in [0, 0.05) is 4.90 Å². The molecule has 0 radical (unpaired) electrons. The van der Waals surface area contributed by atoms with Crippen molar-refractivity contribution in [1.29, 1.82) is 0 Å². The highest BCUT2D eigenvalue weighted by molar-refractivity contribution is 7.86. The normalized spacial score (nSPS) is 17.9. The first-order valence-electron chi connectivity index (χ1n) is 5.80. The number of rotatable bonds is 5. The van der Waals surface area contributed by atoms with Crippen molar-refractivity contribution in [3.63, 3.8) is 0 Å². The second kappa shape index (κ2) is 5.52. The molecule has 0 saturated heterocycles. The minimum Gasteiger partial charge on any atom is -0.497 e. The van der Waals surface area contributed by atoms with Crippen LogP contribution in [0.1, 0.15) is 12.8 Å². The van der Waals surface area contributed by atoms with Gasteiger partial charge in [0.05, 0.1) is 25.0 Å². The van der Waals surface area contributed by atoms with Gasteiger partial charge in [-0.1, -0.05) is 6.07 Å². The van der Waals surface area contributed by atoms with Gasteiger partial charge in [0.25, 0.3) is 0 Å².